The lowest BCUT2D eigenvalue weighted by Gasteiger charge is -1.89. The summed E-state index contributed by atoms with van der Waals surface area (Å²) in [5.41, 5.74) is 1.89. The van der Waals surface area contributed by atoms with Crippen molar-refractivity contribution in [1.29, 1.82) is 0 Å². The predicted molar refractivity (Wildman–Crippen MR) is 42.5 cm³/mol. The van der Waals surface area contributed by atoms with E-state index in [4.69, 9.17) is 11.6 Å². The van der Waals surface area contributed by atoms with Crippen LogP contribution in [-0.2, 0) is 12.9 Å². The monoisotopic (exact) mass is 181 g/mol. The summed E-state index contributed by atoms with van der Waals surface area (Å²) < 4.78 is 1.71. The Hall–Kier alpha value is -0.280. The second kappa shape index (κ2) is 3.78. The molecule has 0 N–H and O–H groups in total. The van der Waals surface area contributed by atoms with Crippen molar-refractivity contribution in [3.05, 3.63) is 11.4 Å². The molecular weight excluding hydrogens is 173 g/mol. The third-order valence-corrected chi connectivity index (χ3v) is 1.58. The molecule has 1 heterocycles. The van der Waals surface area contributed by atoms with Crippen LogP contribution in [-0.4, -0.2) is 15.0 Å². The van der Waals surface area contributed by atoms with Gasteiger partial charge in [-0.25, -0.2) is 0 Å². The highest BCUT2D eigenvalue weighted by atomic mass is 35.5. The van der Waals surface area contributed by atoms with Crippen LogP contribution < -0.4 is 0 Å². The molecule has 1 aromatic rings. The Balaban J connectivity index is 0.000000810. The first kappa shape index (κ1) is 9.72. The van der Waals surface area contributed by atoms with Crippen LogP contribution in [0.3, 0.4) is 0 Å². The molecule has 0 fully saturated rings. The zero-order valence-corrected chi connectivity index (χ0v) is 7.41. The van der Waals surface area contributed by atoms with Crippen molar-refractivity contribution >= 4 is 24.0 Å². The molecule has 0 radical (unpaired) electrons. The second-order valence-electron chi connectivity index (χ2n) is 1.88. The Bertz CT molecular complexity index is 209. The summed E-state index contributed by atoms with van der Waals surface area (Å²) >= 11 is 5.53. The summed E-state index contributed by atoms with van der Waals surface area (Å²) in [6, 6.07) is 0. The van der Waals surface area contributed by atoms with Gasteiger partial charge in [-0.3, -0.25) is 4.68 Å². The van der Waals surface area contributed by atoms with Crippen molar-refractivity contribution in [2.45, 2.75) is 12.8 Å². The maximum Gasteiger partial charge on any atom is 0.100 e. The molecule has 5 heteroatoms. The minimum Gasteiger partial charge on any atom is -0.252 e. The van der Waals surface area contributed by atoms with Crippen molar-refractivity contribution in [1.82, 2.24) is 15.0 Å². The van der Waals surface area contributed by atoms with Gasteiger partial charge in [0.15, 0.2) is 0 Å². The van der Waals surface area contributed by atoms with Crippen LogP contribution >= 0.6 is 24.0 Å². The zero-order valence-electron chi connectivity index (χ0n) is 5.83. The van der Waals surface area contributed by atoms with Crippen molar-refractivity contribution < 1.29 is 0 Å². The maximum atomic E-state index is 5.53. The Morgan fingerprint density at radius 1 is 1.60 bits per heavy atom. The fourth-order valence-electron chi connectivity index (χ4n) is 0.571. The Morgan fingerprint density at radius 2 is 2.20 bits per heavy atom. The van der Waals surface area contributed by atoms with E-state index >= 15 is 0 Å². The average Bonchev–Trinajstić information content (AvgIpc) is 2.15. The fourth-order valence-corrected chi connectivity index (χ4v) is 0.818. The molecule has 0 amide bonds. The van der Waals surface area contributed by atoms with Crippen LogP contribution in [0.1, 0.15) is 11.4 Å². The van der Waals surface area contributed by atoms with Gasteiger partial charge < -0.3 is 0 Å². The molecule has 0 aliphatic rings. The van der Waals surface area contributed by atoms with Gasteiger partial charge >= 0.3 is 0 Å². The van der Waals surface area contributed by atoms with Gasteiger partial charge in [-0.2, -0.15) is 0 Å². The maximum absolute atomic E-state index is 5.53. The molecule has 0 aliphatic heterocycles. The minimum absolute atomic E-state index is 0. The third kappa shape index (κ3) is 1.61. The highest BCUT2D eigenvalue weighted by Gasteiger charge is 2.01. The summed E-state index contributed by atoms with van der Waals surface area (Å²) in [6.07, 6.45) is 0. The summed E-state index contributed by atoms with van der Waals surface area (Å²) in [7, 11) is 1.85. The molecular formula is C5H9Cl2N3. The number of aryl methyl sites for hydroxylation is 1. The first-order valence-electron chi connectivity index (χ1n) is 2.67. The van der Waals surface area contributed by atoms with Gasteiger partial charge in [0.1, 0.15) is 5.69 Å². The van der Waals surface area contributed by atoms with E-state index in [9.17, 15) is 0 Å². The van der Waals surface area contributed by atoms with E-state index in [0.717, 1.165) is 11.4 Å². The lowest BCUT2D eigenvalue weighted by Crippen LogP contribution is -1.92. The lowest BCUT2D eigenvalue weighted by atomic mass is 10.4. The van der Waals surface area contributed by atoms with Crippen molar-refractivity contribution in [3.8, 4) is 0 Å². The molecule has 0 bridgehead atoms. The topological polar surface area (TPSA) is 30.7 Å². The molecule has 0 saturated carbocycles. The van der Waals surface area contributed by atoms with Crippen LogP contribution in [0.4, 0.5) is 0 Å². The first-order valence-corrected chi connectivity index (χ1v) is 3.20. The highest BCUT2D eigenvalue weighted by Crippen LogP contribution is 2.03. The van der Waals surface area contributed by atoms with E-state index in [1.807, 2.05) is 14.0 Å². The normalized spacial score (nSPS) is 9.10. The number of rotatable bonds is 1. The van der Waals surface area contributed by atoms with Gasteiger partial charge in [-0.05, 0) is 6.92 Å². The number of halogens is 2. The quantitative estimate of drug-likeness (QED) is 0.612. The van der Waals surface area contributed by atoms with Gasteiger partial charge in [-0.1, -0.05) is 5.21 Å². The van der Waals surface area contributed by atoms with E-state index in [0.29, 0.717) is 5.88 Å². The number of hydrogen-bond donors (Lipinski definition) is 0. The van der Waals surface area contributed by atoms with E-state index in [2.05, 4.69) is 10.3 Å². The molecule has 0 spiro atoms. The number of aromatic nitrogens is 3. The van der Waals surface area contributed by atoms with Gasteiger partial charge in [0.2, 0.25) is 0 Å². The number of hydrogen-bond acceptors (Lipinski definition) is 2. The third-order valence-electron chi connectivity index (χ3n) is 1.33. The summed E-state index contributed by atoms with van der Waals surface area (Å²) in [4.78, 5) is 0. The molecule has 0 aromatic carbocycles. The van der Waals surface area contributed by atoms with Crippen molar-refractivity contribution in [3.63, 3.8) is 0 Å². The van der Waals surface area contributed by atoms with Crippen LogP contribution in [0.5, 0.6) is 0 Å². The van der Waals surface area contributed by atoms with Crippen LogP contribution in [0.15, 0.2) is 0 Å². The second-order valence-corrected chi connectivity index (χ2v) is 2.15. The van der Waals surface area contributed by atoms with E-state index in [-0.39, 0.29) is 12.4 Å². The Morgan fingerprint density at radius 3 is 2.40 bits per heavy atom. The van der Waals surface area contributed by atoms with Crippen LogP contribution in [0.25, 0.3) is 0 Å². The molecule has 0 atom stereocenters. The van der Waals surface area contributed by atoms with Crippen LogP contribution in [0.2, 0.25) is 0 Å². The molecule has 0 aliphatic carbocycles. The van der Waals surface area contributed by atoms with Crippen molar-refractivity contribution in [2.75, 3.05) is 0 Å². The summed E-state index contributed by atoms with van der Waals surface area (Å²) in [5.74, 6) is 0.444. The van der Waals surface area contributed by atoms with Gasteiger partial charge in [0.05, 0.1) is 11.6 Å². The molecule has 3 nitrogen and oxygen atoms in total. The molecule has 10 heavy (non-hydrogen) atoms. The van der Waals surface area contributed by atoms with Gasteiger partial charge in [0.25, 0.3) is 0 Å². The molecule has 1 aromatic heterocycles. The largest absolute Gasteiger partial charge is 0.252 e. The molecule has 0 unspecified atom stereocenters. The average molecular weight is 182 g/mol. The summed E-state index contributed by atoms with van der Waals surface area (Å²) in [6.45, 7) is 1.94. The van der Waals surface area contributed by atoms with E-state index in [1.165, 1.54) is 0 Å². The predicted octanol–water partition coefficient (Wildman–Crippen LogP) is 1.28. The smallest absolute Gasteiger partial charge is 0.100 e. The van der Waals surface area contributed by atoms with Gasteiger partial charge in [-0.15, -0.1) is 29.1 Å². The van der Waals surface area contributed by atoms with Crippen LogP contribution in [0, 0.1) is 6.92 Å². The standard InChI is InChI=1S/C5H8ClN3.ClH/c1-4-5(3-6)7-8-9(4)2;/h3H2,1-2H3;1H. The molecule has 1 rings (SSSR count). The fraction of sp³-hybridized carbons (Fsp3) is 0.600. The zero-order chi connectivity index (χ0) is 6.85. The SMILES string of the molecule is Cc1c(CCl)nnn1C.Cl. The van der Waals surface area contributed by atoms with Crippen molar-refractivity contribution in [2.24, 2.45) is 7.05 Å². The number of alkyl halides is 1. The van der Waals surface area contributed by atoms with E-state index in [1.54, 1.807) is 4.68 Å². The van der Waals surface area contributed by atoms with Gasteiger partial charge in [0, 0.05) is 7.05 Å². The lowest BCUT2D eigenvalue weighted by molar-refractivity contribution is 0.696. The molecule has 0 saturated heterocycles. The first-order chi connectivity index (χ1) is 4.25. The summed E-state index contributed by atoms with van der Waals surface area (Å²) in [5, 5.41) is 7.58. The molecule has 58 valence electrons. The van der Waals surface area contributed by atoms with E-state index < -0.39 is 0 Å². The Labute approximate surface area is 70.8 Å². The Kier molecular flexibility index (Phi) is 3.68. The number of nitrogens with zero attached hydrogens (tertiary/aromatic N) is 3. The highest BCUT2D eigenvalue weighted by molar-refractivity contribution is 6.16. The minimum atomic E-state index is 0.